The van der Waals surface area contributed by atoms with Crippen LogP contribution in [0.25, 0.3) is 23.0 Å². The molecule has 0 saturated carbocycles. The predicted octanol–water partition coefficient (Wildman–Crippen LogP) is 5.47. The Hall–Kier alpha value is -2.61. The van der Waals surface area contributed by atoms with Gasteiger partial charge >= 0.3 is 0 Å². The van der Waals surface area contributed by atoms with E-state index in [1.165, 1.54) is 11.8 Å². The third kappa shape index (κ3) is 4.43. The SMILES string of the molecule is CCCOc1ccc(-c2nn(-c3ccccc3)cc2C=C2SC(=S)NC2=O)cc1Cl. The highest BCUT2D eigenvalue weighted by Gasteiger charge is 2.23. The molecule has 0 aliphatic carbocycles. The second-order valence-electron chi connectivity index (χ2n) is 6.56. The number of hydrogen-bond donors (Lipinski definition) is 1. The molecule has 0 bridgehead atoms. The van der Waals surface area contributed by atoms with Crippen molar-refractivity contribution in [3.05, 3.63) is 70.2 Å². The monoisotopic (exact) mass is 455 g/mol. The molecule has 8 heteroatoms. The lowest BCUT2D eigenvalue weighted by Gasteiger charge is -2.08. The summed E-state index contributed by atoms with van der Waals surface area (Å²) in [6.07, 6.45) is 4.59. The number of ether oxygens (including phenoxy) is 1. The molecule has 1 aromatic heterocycles. The number of rotatable bonds is 6. The van der Waals surface area contributed by atoms with Gasteiger partial charge in [0, 0.05) is 17.3 Å². The van der Waals surface area contributed by atoms with Crippen molar-refractivity contribution in [3.8, 4) is 22.7 Å². The molecule has 1 saturated heterocycles. The van der Waals surface area contributed by atoms with Crippen LogP contribution in [0.5, 0.6) is 5.75 Å². The second kappa shape index (κ2) is 9.04. The van der Waals surface area contributed by atoms with Gasteiger partial charge in [0.2, 0.25) is 0 Å². The molecule has 1 amide bonds. The maximum absolute atomic E-state index is 12.2. The van der Waals surface area contributed by atoms with Crippen LogP contribution >= 0.6 is 35.6 Å². The third-order valence-electron chi connectivity index (χ3n) is 4.36. The van der Waals surface area contributed by atoms with Crippen LogP contribution in [-0.2, 0) is 4.79 Å². The number of carbonyl (C=O) groups excluding carboxylic acids is 1. The number of amides is 1. The lowest BCUT2D eigenvalue weighted by atomic mass is 10.1. The van der Waals surface area contributed by atoms with Crippen molar-refractivity contribution in [2.45, 2.75) is 13.3 Å². The number of hydrogen-bond acceptors (Lipinski definition) is 5. The first-order valence-corrected chi connectivity index (χ1v) is 11.0. The van der Waals surface area contributed by atoms with E-state index in [4.69, 9.17) is 33.7 Å². The minimum Gasteiger partial charge on any atom is -0.492 e. The van der Waals surface area contributed by atoms with Gasteiger partial charge in [0.1, 0.15) is 15.8 Å². The Labute approximate surface area is 189 Å². The molecule has 5 nitrogen and oxygen atoms in total. The molecule has 0 unspecified atom stereocenters. The van der Waals surface area contributed by atoms with Gasteiger partial charge in [-0.3, -0.25) is 4.79 Å². The fourth-order valence-corrected chi connectivity index (χ4v) is 4.24. The van der Waals surface area contributed by atoms with Crippen molar-refractivity contribution in [1.82, 2.24) is 15.1 Å². The van der Waals surface area contributed by atoms with Crippen molar-refractivity contribution >= 4 is 51.9 Å². The van der Waals surface area contributed by atoms with Crippen LogP contribution in [0.4, 0.5) is 0 Å². The van der Waals surface area contributed by atoms with Crippen molar-refractivity contribution < 1.29 is 9.53 Å². The number of halogens is 1. The van der Waals surface area contributed by atoms with Crippen molar-refractivity contribution in [1.29, 1.82) is 0 Å². The number of para-hydroxylation sites is 1. The molecule has 0 radical (unpaired) electrons. The average Bonchev–Trinajstić information content (AvgIpc) is 3.30. The molecule has 1 aliphatic rings. The standard InChI is InChI=1S/C22H18ClN3O2S2/c1-2-10-28-18-9-8-14(11-17(18)23)20-15(12-19-21(27)24-22(29)30-19)13-26(25-20)16-6-4-3-5-7-16/h3-9,11-13H,2,10H2,1H3,(H,24,27,29). The van der Waals surface area contributed by atoms with E-state index in [2.05, 4.69) is 5.32 Å². The molecule has 1 fully saturated rings. The van der Waals surface area contributed by atoms with Crippen LogP contribution in [-0.4, -0.2) is 26.6 Å². The Morgan fingerprint density at radius 2 is 2.07 bits per heavy atom. The largest absolute Gasteiger partial charge is 0.492 e. The number of thiocarbonyl (C=S) groups is 1. The van der Waals surface area contributed by atoms with E-state index in [9.17, 15) is 4.79 Å². The Morgan fingerprint density at radius 3 is 2.73 bits per heavy atom. The lowest BCUT2D eigenvalue weighted by molar-refractivity contribution is -0.115. The van der Waals surface area contributed by atoms with Crippen LogP contribution in [0.2, 0.25) is 5.02 Å². The normalized spacial score (nSPS) is 14.9. The van der Waals surface area contributed by atoms with E-state index in [1.54, 1.807) is 10.8 Å². The first-order chi connectivity index (χ1) is 14.5. The first kappa shape index (κ1) is 20.7. The summed E-state index contributed by atoms with van der Waals surface area (Å²) in [5.74, 6) is 0.436. The van der Waals surface area contributed by atoms with Crippen LogP contribution in [0.3, 0.4) is 0 Å². The maximum Gasteiger partial charge on any atom is 0.263 e. The summed E-state index contributed by atoms with van der Waals surface area (Å²) in [6, 6.07) is 15.4. The fraction of sp³-hybridized carbons (Fsp3) is 0.136. The van der Waals surface area contributed by atoms with Gasteiger partial charge in [-0.2, -0.15) is 5.10 Å². The molecule has 3 aromatic rings. The first-order valence-electron chi connectivity index (χ1n) is 9.38. The highest BCUT2D eigenvalue weighted by Crippen LogP contribution is 2.34. The fourth-order valence-electron chi connectivity index (χ4n) is 2.97. The highest BCUT2D eigenvalue weighted by atomic mass is 35.5. The molecule has 2 aromatic carbocycles. The molecule has 0 spiro atoms. The van der Waals surface area contributed by atoms with Crippen molar-refractivity contribution in [3.63, 3.8) is 0 Å². The Balaban J connectivity index is 1.79. The van der Waals surface area contributed by atoms with E-state index in [0.717, 1.165) is 23.2 Å². The van der Waals surface area contributed by atoms with E-state index >= 15 is 0 Å². The van der Waals surface area contributed by atoms with Gasteiger partial charge in [-0.05, 0) is 42.8 Å². The number of benzene rings is 2. The average molecular weight is 456 g/mol. The van der Waals surface area contributed by atoms with Crippen molar-refractivity contribution in [2.24, 2.45) is 0 Å². The summed E-state index contributed by atoms with van der Waals surface area (Å²) in [5.41, 5.74) is 3.24. The van der Waals surface area contributed by atoms with Crippen LogP contribution < -0.4 is 10.1 Å². The van der Waals surface area contributed by atoms with Gasteiger partial charge < -0.3 is 10.1 Å². The van der Waals surface area contributed by atoms with E-state index in [1.807, 2.05) is 61.7 Å². The number of thioether (sulfide) groups is 1. The summed E-state index contributed by atoms with van der Waals surface area (Å²) >= 11 is 12.8. The summed E-state index contributed by atoms with van der Waals surface area (Å²) in [6.45, 7) is 2.65. The zero-order chi connectivity index (χ0) is 21.1. The van der Waals surface area contributed by atoms with E-state index < -0.39 is 0 Å². The summed E-state index contributed by atoms with van der Waals surface area (Å²) in [5, 5.41) is 7.93. The Kier molecular flexibility index (Phi) is 6.22. The lowest BCUT2D eigenvalue weighted by Crippen LogP contribution is -2.17. The molecule has 1 aliphatic heterocycles. The van der Waals surface area contributed by atoms with Crippen molar-refractivity contribution in [2.75, 3.05) is 6.61 Å². The molecular weight excluding hydrogens is 438 g/mol. The van der Waals surface area contributed by atoms with E-state index in [0.29, 0.717) is 32.3 Å². The van der Waals surface area contributed by atoms with Gasteiger partial charge in [-0.15, -0.1) is 0 Å². The molecule has 4 rings (SSSR count). The Bertz CT molecular complexity index is 1140. The number of aromatic nitrogens is 2. The maximum atomic E-state index is 12.2. The molecule has 30 heavy (non-hydrogen) atoms. The van der Waals surface area contributed by atoms with Crippen LogP contribution in [0.15, 0.2) is 59.6 Å². The minimum absolute atomic E-state index is 0.204. The Morgan fingerprint density at radius 1 is 1.27 bits per heavy atom. The molecule has 1 N–H and O–H groups in total. The number of carbonyl (C=O) groups is 1. The van der Waals surface area contributed by atoms with Crippen LogP contribution in [0, 0.1) is 0 Å². The van der Waals surface area contributed by atoms with E-state index in [-0.39, 0.29) is 5.91 Å². The highest BCUT2D eigenvalue weighted by molar-refractivity contribution is 8.26. The molecule has 0 atom stereocenters. The smallest absolute Gasteiger partial charge is 0.263 e. The number of nitrogens with zero attached hydrogens (tertiary/aromatic N) is 2. The second-order valence-corrected chi connectivity index (χ2v) is 8.69. The quantitative estimate of drug-likeness (QED) is 0.394. The minimum atomic E-state index is -0.204. The van der Waals surface area contributed by atoms with Gasteiger partial charge in [0.15, 0.2) is 0 Å². The molecule has 152 valence electrons. The van der Waals surface area contributed by atoms with Gasteiger partial charge in [0.25, 0.3) is 5.91 Å². The van der Waals surface area contributed by atoms with Gasteiger partial charge in [-0.1, -0.05) is 60.7 Å². The summed E-state index contributed by atoms with van der Waals surface area (Å²) in [7, 11) is 0. The van der Waals surface area contributed by atoms with Gasteiger partial charge in [-0.25, -0.2) is 4.68 Å². The zero-order valence-corrected chi connectivity index (χ0v) is 18.5. The topological polar surface area (TPSA) is 56.1 Å². The zero-order valence-electron chi connectivity index (χ0n) is 16.1. The molecular formula is C22H18ClN3O2S2. The third-order valence-corrected chi connectivity index (χ3v) is 5.82. The predicted molar refractivity (Wildman–Crippen MR) is 126 cm³/mol. The van der Waals surface area contributed by atoms with Gasteiger partial charge in [0.05, 0.1) is 22.2 Å². The van der Waals surface area contributed by atoms with Crippen LogP contribution in [0.1, 0.15) is 18.9 Å². The number of nitrogens with one attached hydrogen (secondary N) is 1. The summed E-state index contributed by atoms with van der Waals surface area (Å²) < 4.78 is 7.91. The summed E-state index contributed by atoms with van der Waals surface area (Å²) in [4.78, 5) is 12.7. The molecule has 2 heterocycles.